The fraction of sp³-hybridized carbons (Fsp3) is 0.538. The third kappa shape index (κ3) is 2.95. The molecule has 1 aromatic rings. The van der Waals surface area contributed by atoms with Crippen molar-refractivity contribution in [3.63, 3.8) is 0 Å². The second-order valence-electron chi connectivity index (χ2n) is 4.46. The molecule has 1 fully saturated rings. The minimum atomic E-state index is -0.181. The molecule has 0 radical (unpaired) electrons. The summed E-state index contributed by atoms with van der Waals surface area (Å²) in [5.41, 5.74) is 0.867. The molecule has 88 valence electrons. The highest BCUT2D eigenvalue weighted by Gasteiger charge is 2.18. The molecule has 0 aliphatic carbocycles. The normalized spacial score (nSPS) is 21.2. The number of benzene rings is 1. The molecule has 1 aliphatic heterocycles. The summed E-state index contributed by atoms with van der Waals surface area (Å²) >= 11 is 0. The minimum Gasteiger partial charge on any atom is -0.384 e. The van der Waals surface area contributed by atoms with Crippen LogP contribution in [0.5, 0.6) is 0 Å². The first-order chi connectivity index (χ1) is 7.75. The number of anilines is 1. The molecule has 1 heterocycles. The molecule has 3 heteroatoms. The van der Waals surface area contributed by atoms with Crippen LogP contribution in [0.4, 0.5) is 10.1 Å². The smallest absolute Gasteiger partial charge is 0.125 e. The van der Waals surface area contributed by atoms with E-state index in [1.807, 2.05) is 6.07 Å². The van der Waals surface area contributed by atoms with Gasteiger partial charge in [0.05, 0.1) is 0 Å². The van der Waals surface area contributed by atoms with Gasteiger partial charge in [-0.25, -0.2) is 4.39 Å². The first kappa shape index (κ1) is 11.4. The first-order valence-corrected chi connectivity index (χ1v) is 5.99. The van der Waals surface area contributed by atoms with E-state index in [4.69, 9.17) is 0 Å². The summed E-state index contributed by atoms with van der Waals surface area (Å²) in [6.07, 6.45) is 2.61. The van der Waals surface area contributed by atoms with Crippen molar-refractivity contribution in [1.82, 2.24) is 4.90 Å². The summed E-state index contributed by atoms with van der Waals surface area (Å²) in [6, 6.07) is 7.34. The average Bonchev–Trinajstić information content (AvgIpc) is 2.65. The number of rotatable bonds is 4. The summed E-state index contributed by atoms with van der Waals surface area (Å²) in [7, 11) is 0. The molecular formula is C13H19FN2. The third-order valence-corrected chi connectivity index (χ3v) is 3.24. The van der Waals surface area contributed by atoms with E-state index in [2.05, 4.69) is 17.1 Å². The van der Waals surface area contributed by atoms with Crippen LogP contribution in [0.3, 0.4) is 0 Å². The molecule has 0 aromatic heterocycles. The molecule has 1 atom stereocenters. The van der Waals surface area contributed by atoms with Gasteiger partial charge in [-0.2, -0.15) is 0 Å². The molecule has 0 spiro atoms. The van der Waals surface area contributed by atoms with Gasteiger partial charge in [0.25, 0.3) is 0 Å². The lowest BCUT2D eigenvalue weighted by atomic mass is 10.2. The van der Waals surface area contributed by atoms with Crippen LogP contribution < -0.4 is 5.32 Å². The lowest BCUT2D eigenvalue weighted by Gasteiger charge is -2.21. The summed E-state index contributed by atoms with van der Waals surface area (Å²) in [6.45, 7) is 5.40. The standard InChI is InChI=1S/C13H19FN2/c1-11-4-3-8-16(11)9-7-15-13-6-2-5-12(14)10-13/h2,5-6,10-11,15H,3-4,7-9H2,1H3. The van der Waals surface area contributed by atoms with E-state index in [1.54, 1.807) is 6.07 Å². The lowest BCUT2D eigenvalue weighted by molar-refractivity contribution is 0.279. The highest BCUT2D eigenvalue weighted by Crippen LogP contribution is 2.15. The zero-order valence-corrected chi connectivity index (χ0v) is 9.75. The van der Waals surface area contributed by atoms with Gasteiger partial charge in [0.2, 0.25) is 0 Å². The minimum absolute atomic E-state index is 0.181. The van der Waals surface area contributed by atoms with E-state index in [-0.39, 0.29) is 5.82 Å². The van der Waals surface area contributed by atoms with Gasteiger partial charge < -0.3 is 5.32 Å². The number of halogens is 1. The van der Waals surface area contributed by atoms with Crippen LogP contribution in [-0.4, -0.2) is 30.6 Å². The largest absolute Gasteiger partial charge is 0.384 e. The summed E-state index contributed by atoms with van der Waals surface area (Å²) in [5.74, 6) is -0.181. The van der Waals surface area contributed by atoms with Crippen LogP contribution in [0, 0.1) is 5.82 Å². The first-order valence-electron chi connectivity index (χ1n) is 5.99. The van der Waals surface area contributed by atoms with Gasteiger partial charge >= 0.3 is 0 Å². The molecule has 1 unspecified atom stereocenters. The fourth-order valence-corrected chi connectivity index (χ4v) is 2.27. The molecule has 1 aromatic carbocycles. The molecular weight excluding hydrogens is 203 g/mol. The Morgan fingerprint density at radius 2 is 2.38 bits per heavy atom. The van der Waals surface area contributed by atoms with E-state index < -0.39 is 0 Å². The number of likely N-dealkylation sites (tertiary alicyclic amines) is 1. The van der Waals surface area contributed by atoms with Gasteiger partial charge in [0, 0.05) is 24.8 Å². The monoisotopic (exact) mass is 222 g/mol. The predicted octanol–water partition coefficient (Wildman–Crippen LogP) is 2.72. The zero-order chi connectivity index (χ0) is 11.4. The van der Waals surface area contributed by atoms with Gasteiger partial charge in [-0.05, 0) is 44.5 Å². The van der Waals surface area contributed by atoms with E-state index >= 15 is 0 Å². The molecule has 2 nitrogen and oxygen atoms in total. The van der Waals surface area contributed by atoms with Crippen molar-refractivity contribution < 1.29 is 4.39 Å². The summed E-state index contributed by atoms with van der Waals surface area (Å²) in [5, 5.41) is 3.25. The Morgan fingerprint density at radius 3 is 3.06 bits per heavy atom. The highest BCUT2D eigenvalue weighted by molar-refractivity contribution is 5.42. The maximum absolute atomic E-state index is 12.9. The Bertz CT molecular complexity index is 340. The molecule has 16 heavy (non-hydrogen) atoms. The van der Waals surface area contributed by atoms with Crippen LogP contribution in [-0.2, 0) is 0 Å². The molecule has 0 amide bonds. The van der Waals surface area contributed by atoms with Crippen LogP contribution in [0.25, 0.3) is 0 Å². The molecule has 1 saturated heterocycles. The van der Waals surface area contributed by atoms with Crippen molar-refractivity contribution in [2.75, 3.05) is 25.0 Å². The second kappa shape index (κ2) is 5.30. The average molecular weight is 222 g/mol. The van der Waals surface area contributed by atoms with E-state index in [1.165, 1.54) is 31.5 Å². The predicted molar refractivity (Wildman–Crippen MR) is 65.2 cm³/mol. The molecule has 0 bridgehead atoms. The Labute approximate surface area is 96.5 Å². The SMILES string of the molecule is CC1CCCN1CCNc1cccc(F)c1. The van der Waals surface area contributed by atoms with Gasteiger partial charge in [-0.15, -0.1) is 0 Å². The maximum Gasteiger partial charge on any atom is 0.125 e. The number of hydrogen-bond acceptors (Lipinski definition) is 2. The summed E-state index contributed by atoms with van der Waals surface area (Å²) in [4.78, 5) is 2.48. The van der Waals surface area contributed by atoms with Crippen LogP contribution in [0.1, 0.15) is 19.8 Å². The van der Waals surface area contributed by atoms with Crippen molar-refractivity contribution in [1.29, 1.82) is 0 Å². The topological polar surface area (TPSA) is 15.3 Å². The van der Waals surface area contributed by atoms with Crippen molar-refractivity contribution in [3.05, 3.63) is 30.1 Å². The van der Waals surface area contributed by atoms with E-state index in [0.717, 1.165) is 18.8 Å². The number of nitrogens with one attached hydrogen (secondary N) is 1. The molecule has 1 aliphatic rings. The van der Waals surface area contributed by atoms with Crippen LogP contribution >= 0.6 is 0 Å². The Morgan fingerprint density at radius 1 is 1.50 bits per heavy atom. The lowest BCUT2D eigenvalue weighted by Crippen LogP contribution is -2.31. The van der Waals surface area contributed by atoms with E-state index in [9.17, 15) is 4.39 Å². The number of hydrogen-bond donors (Lipinski definition) is 1. The van der Waals surface area contributed by atoms with Gasteiger partial charge in [0.1, 0.15) is 5.82 Å². The third-order valence-electron chi connectivity index (χ3n) is 3.24. The van der Waals surface area contributed by atoms with Crippen molar-refractivity contribution in [2.45, 2.75) is 25.8 Å². The molecule has 1 N–H and O–H groups in total. The molecule has 2 rings (SSSR count). The van der Waals surface area contributed by atoms with Crippen LogP contribution in [0.15, 0.2) is 24.3 Å². The fourth-order valence-electron chi connectivity index (χ4n) is 2.27. The Balaban J connectivity index is 1.75. The molecule has 0 saturated carbocycles. The van der Waals surface area contributed by atoms with Gasteiger partial charge in [0.15, 0.2) is 0 Å². The maximum atomic E-state index is 12.9. The van der Waals surface area contributed by atoms with Crippen molar-refractivity contribution >= 4 is 5.69 Å². The quantitative estimate of drug-likeness (QED) is 0.842. The van der Waals surface area contributed by atoms with Crippen molar-refractivity contribution in [3.8, 4) is 0 Å². The van der Waals surface area contributed by atoms with Gasteiger partial charge in [-0.1, -0.05) is 6.07 Å². The van der Waals surface area contributed by atoms with Crippen LogP contribution in [0.2, 0.25) is 0 Å². The second-order valence-corrected chi connectivity index (χ2v) is 4.46. The Hall–Kier alpha value is -1.09. The summed E-state index contributed by atoms with van der Waals surface area (Å²) < 4.78 is 12.9. The zero-order valence-electron chi connectivity index (χ0n) is 9.75. The Kier molecular flexibility index (Phi) is 3.78. The highest BCUT2D eigenvalue weighted by atomic mass is 19.1. The van der Waals surface area contributed by atoms with E-state index in [0.29, 0.717) is 6.04 Å². The van der Waals surface area contributed by atoms with Gasteiger partial charge in [-0.3, -0.25) is 4.90 Å². The number of nitrogens with zero attached hydrogens (tertiary/aromatic N) is 1. The van der Waals surface area contributed by atoms with Crippen molar-refractivity contribution in [2.24, 2.45) is 0 Å².